The number of rotatable bonds is 2. The standard InChI is InChI=1S/C7H10O/c1-3-4-5-7(2)6-8/h6-7H,5H2,1-2H3. The lowest BCUT2D eigenvalue weighted by Crippen LogP contribution is -1.91. The maximum absolute atomic E-state index is 9.94. The van der Waals surface area contributed by atoms with Gasteiger partial charge in [0.25, 0.3) is 0 Å². The lowest BCUT2D eigenvalue weighted by molar-refractivity contribution is -0.110. The monoisotopic (exact) mass is 110 g/mol. The third-order valence-corrected chi connectivity index (χ3v) is 0.833. The van der Waals surface area contributed by atoms with Gasteiger partial charge in [0, 0.05) is 12.3 Å². The molecule has 0 amide bonds. The van der Waals surface area contributed by atoms with Crippen molar-refractivity contribution in [3.8, 4) is 11.8 Å². The summed E-state index contributed by atoms with van der Waals surface area (Å²) in [6.07, 6.45) is 1.62. The quantitative estimate of drug-likeness (QED) is 0.386. The van der Waals surface area contributed by atoms with Gasteiger partial charge in [0.1, 0.15) is 6.29 Å². The summed E-state index contributed by atoms with van der Waals surface area (Å²) in [6, 6.07) is 0. The fourth-order valence-corrected chi connectivity index (χ4v) is 0.311. The molecule has 0 radical (unpaired) electrons. The van der Waals surface area contributed by atoms with Crippen molar-refractivity contribution in [3.05, 3.63) is 0 Å². The van der Waals surface area contributed by atoms with Crippen molar-refractivity contribution in [2.24, 2.45) is 5.92 Å². The van der Waals surface area contributed by atoms with Gasteiger partial charge in [-0.25, -0.2) is 0 Å². The lowest BCUT2D eigenvalue weighted by Gasteiger charge is -1.90. The first-order valence-corrected chi connectivity index (χ1v) is 2.66. The summed E-state index contributed by atoms with van der Waals surface area (Å²) >= 11 is 0. The maximum atomic E-state index is 9.94. The zero-order chi connectivity index (χ0) is 6.41. The Morgan fingerprint density at radius 1 is 1.75 bits per heavy atom. The topological polar surface area (TPSA) is 17.1 Å². The van der Waals surface area contributed by atoms with Crippen molar-refractivity contribution < 1.29 is 4.79 Å². The Balaban J connectivity index is 3.33. The van der Waals surface area contributed by atoms with Crippen molar-refractivity contribution in [1.82, 2.24) is 0 Å². The fraction of sp³-hybridized carbons (Fsp3) is 0.571. The van der Waals surface area contributed by atoms with Crippen LogP contribution in [0.15, 0.2) is 0 Å². The van der Waals surface area contributed by atoms with Crippen LogP contribution in [0.2, 0.25) is 0 Å². The molecule has 0 saturated carbocycles. The first kappa shape index (κ1) is 7.23. The third-order valence-electron chi connectivity index (χ3n) is 0.833. The highest BCUT2D eigenvalue weighted by atomic mass is 16.1. The molecule has 44 valence electrons. The Morgan fingerprint density at radius 2 is 2.38 bits per heavy atom. The molecule has 0 rings (SSSR count). The molecule has 0 aliphatic carbocycles. The number of hydrogen-bond acceptors (Lipinski definition) is 1. The first-order valence-electron chi connectivity index (χ1n) is 2.66. The van der Waals surface area contributed by atoms with E-state index >= 15 is 0 Å². The van der Waals surface area contributed by atoms with Crippen molar-refractivity contribution in [2.75, 3.05) is 0 Å². The van der Waals surface area contributed by atoms with E-state index in [1.807, 2.05) is 6.92 Å². The van der Waals surface area contributed by atoms with Gasteiger partial charge in [-0.3, -0.25) is 0 Å². The van der Waals surface area contributed by atoms with E-state index in [-0.39, 0.29) is 5.92 Å². The van der Waals surface area contributed by atoms with Crippen LogP contribution >= 0.6 is 0 Å². The smallest absolute Gasteiger partial charge is 0.123 e. The van der Waals surface area contributed by atoms with E-state index in [9.17, 15) is 4.79 Å². The van der Waals surface area contributed by atoms with Crippen LogP contribution in [0.5, 0.6) is 0 Å². The Labute approximate surface area is 50.1 Å². The second kappa shape index (κ2) is 4.39. The molecular weight excluding hydrogens is 100 g/mol. The molecule has 1 unspecified atom stereocenters. The second-order valence-corrected chi connectivity index (χ2v) is 1.74. The van der Waals surface area contributed by atoms with Crippen molar-refractivity contribution in [3.63, 3.8) is 0 Å². The summed E-state index contributed by atoms with van der Waals surface area (Å²) in [5.74, 6) is 5.64. The first-order chi connectivity index (χ1) is 3.81. The van der Waals surface area contributed by atoms with Gasteiger partial charge in [0.2, 0.25) is 0 Å². The fourth-order valence-electron chi connectivity index (χ4n) is 0.311. The summed E-state index contributed by atoms with van der Waals surface area (Å²) < 4.78 is 0. The molecule has 0 heterocycles. The minimum Gasteiger partial charge on any atom is -0.303 e. The Bertz CT molecular complexity index is 116. The normalized spacial score (nSPS) is 11.2. The van der Waals surface area contributed by atoms with Gasteiger partial charge in [0.15, 0.2) is 0 Å². The van der Waals surface area contributed by atoms with Crippen LogP contribution in [0, 0.1) is 17.8 Å². The molecule has 0 saturated heterocycles. The molecule has 0 aliphatic rings. The van der Waals surface area contributed by atoms with Gasteiger partial charge < -0.3 is 4.79 Å². The van der Waals surface area contributed by atoms with Gasteiger partial charge >= 0.3 is 0 Å². The third kappa shape index (κ3) is 3.42. The SMILES string of the molecule is CC#CCC(C)C=O. The highest BCUT2D eigenvalue weighted by molar-refractivity contribution is 5.53. The van der Waals surface area contributed by atoms with Gasteiger partial charge in [-0.2, -0.15) is 0 Å². The highest BCUT2D eigenvalue weighted by Crippen LogP contribution is 1.92. The molecule has 0 fully saturated rings. The van der Waals surface area contributed by atoms with Gasteiger partial charge in [-0.05, 0) is 6.92 Å². The average Bonchev–Trinajstić information content (AvgIpc) is 1.83. The summed E-state index contributed by atoms with van der Waals surface area (Å²) in [4.78, 5) is 9.94. The number of carbonyl (C=O) groups is 1. The predicted octanol–water partition coefficient (Wildman–Crippen LogP) is 1.23. The molecule has 0 N–H and O–H groups in total. The van der Waals surface area contributed by atoms with Crippen LogP contribution in [0.4, 0.5) is 0 Å². The maximum Gasteiger partial charge on any atom is 0.123 e. The molecule has 0 spiro atoms. The molecule has 1 nitrogen and oxygen atoms in total. The summed E-state index contributed by atoms with van der Waals surface area (Å²) in [6.45, 7) is 3.63. The van der Waals surface area contributed by atoms with E-state index in [0.717, 1.165) is 6.29 Å². The van der Waals surface area contributed by atoms with Gasteiger partial charge in [-0.15, -0.1) is 11.8 Å². The van der Waals surface area contributed by atoms with Crippen LogP contribution in [0.1, 0.15) is 20.3 Å². The zero-order valence-corrected chi connectivity index (χ0v) is 5.27. The van der Waals surface area contributed by atoms with Crippen LogP contribution in [0.3, 0.4) is 0 Å². The second-order valence-electron chi connectivity index (χ2n) is 1.74. The average molecular weight is 110 g/mol. The Morgan fingerprint density at radius 3 is 2.75 bits per heavy atom. The number of hydrogen-bond donors (Lipinski definition) is 0. The minimum atomic E-state index is 0.0995. The van der Waals surface area contributed by atoms with Gasteiger partial charge in [0.05, 0.1) is 0 Å². The Kier molecular flexibility index (Phi) is 3.97. The van der Waals surface area contributed by atoms with Crippen LogP contribution in [0.25, 0.3) is 0 Å². The molecule has 0 aromatic rings. The number of carbonyl (C=O) groups excluding carboxylic acids is 1. The molecule has 8 heavy (non-hydrogen) atoms. The highest BCUT2D eigenvalue weighted by Gasteiger charge is 1.92. The summed E-state index contributed by atoms with van der Waals surface area (Å²) in [7, 11) is 0. The summed E-state index contributed by atoms with van der Waals surface area (Å²) in [5, 5.41) is 0. The Hall–Kier alpha value is -0.770. The van der Waals surface area contributed by atoms with Crippen molar-refractivity contribution in [1.29, 1.82) is 0 Å². The van der Waals surface area contributed by atoms with Crippen molar-refractivity contribution >= 4 is 6.29 Å². The van der Waals surface area contributed by atoms with E-state index in [2.05, 4.69) is 11.8 Å². The van der Waals surface area contributed by atoms with Crippen molar-refractivity contribution in [2.45, 2.75) is 20.3 Å². The van der Waals surface area contributed by atoms with Gasteiger partial charge in [-0.1, -0.05) is 6.92 Å². The zero-order valence-electron chi connectivity index (χ0n) is 5.27. The molecule has 0 aromatic heterocycles. The molecule has 1 heteroatoms. The van der Waals surface area contributed by atoms with Crippen LogP contribution in [-0.4, -0.2) is 6.29 Å². The molecule has 0 aromatic carbocycles. The van der Waals surface area contributed by atoms with E-state index in [1.165, 1.54) is 0 Å². The minimum absolute atomic E-state index is 0.0995. The van der Waals surface area contributed by atoms with E-state index in [0.29, 0.717) is 6.42 Å². The predicted molar refractivity (Wildman–Crippen MR) is 33.3 cm³/mol. The van der Waals surface area contributed by atoms with E-state index < -0.39 is 0 Å². The number of aldehydes is 1. The summed E-state index contributed by atoms with van der Waals surface area (Å²) in [5.41, 5.74) is 0. The van der Waals surface area contributed by atoms with E-state index in [4.69, 9.17) is 0 Å². The molecular formula is C7H10O. The van der Waals surface area contributed by atoms with Crippen LogP contribution < -0.4 is 0 Å². The lowest BCUT2D eigenvalue weighted by atomic mass is 10.1. The van der Waals surface area contributed by atoms with E-state index in [1.54, 1.807) is 6.92 Å². The largest absolute Gasteiger partial charge is 0.303 e. The van der Waals surface area contributed by atoms with Crippen LogP contribution in [-0.2, 0) is 4.79 Å². The molecule has 1 atom stereocenters. The molecule has 0 aliphatic heterocycles. The molecule has 0 bridgehead atoms.